The quantitative estimate of drug-likeness (QED) is 0.221. The van der Waals surface area contributed by atoms with Crippen LogP contribution in [0.15, 0.2) is 72.8 Å². The Morgan fingerprint density at radius 1 is 0.955 bits per heavy atom. The second-order valence-corrected chi connectivity index (χ2v) is 10.8. The van der Waals surface area contributed by atoms with Crippen LogP contribution in [0.3, 0.4) is 0 Å². The summed E-state index contributed by atoms with van der Waals surface area (Å²) in [5, 5.41) is 9.48. The number of nitrogens with zero attached hydrogens (tertiary/aromatic N) is 5. The van der Waals surface area contributed by atoms with Crippen molar-refractivity contribution >= 4 is 28.0 Å². The van der Waals surface area contributed by atoms with E-state index >= 15 is 8.78 Å². The molecule has 3 aromatic heterocycles. The van der Waals surface area contributed by atoms with Gasteiger partial charge < -0.3 is 23.7 Å². The Kier molecular flexibility index (Phi) is 7.01. The average Bonchev–Trinajstić information content (AvgIpc) is 3.51. The van der Waals surface area contributed by atoms with E-state index in [2.05, 4.69) is 15.0 Å². The van der Waals surface area contributed by atoms with Gasteiger partial charge in [0.2, 0.25) is 5.88 Å². The largest absolute Gasteiger partial charge is 0.478 e. The Labute approximate surface area is 250 Å². The minimum Gasteiger partial charge on any atom is -0.478 e. The maximum absolute atomic E-state index is 15.5. The molecule has 9 nitrogen and oxygen atoms in total. The Balaban J connectivity index is 1.15. The van der Waals surface area contributed by atoms with E-state index in [1.807, 2.05) is 40.4 Å². The molecule has 1 atom stereocenters. The number of rotatable bonds is 9. The zero-order valence-corrected chi connectivity index (χ0v) is 23.7. The second kappa shape index (κ2) is 11.2. The highest BCUT2D eigenvalue weighted by Crippen LogP contribution is 2.29. The molecule has 0 aliphatic carbocycles. The number of carbonyl (C=O) groups is 1. The van der Waals surface area contributed by atoms with Crippen molar-refractivity contribution in [3.05, 3.63) is 107 Å². The first-order valence-electron chi connectivity index (χ1n) is 14.2. The Hall–Kier alpha value is -5.16. The fraction of sp³-hybridized carbons (Fsp3) is 0.212. The lowest BCUT2D eigenvalue weighted by atomic mass is 10.0. The molecule has 11 heteroatoms. The number of ether oxygens (including phenoxy) is 2. The molecular weight excluding hydrogens is 568 g/mol. The Morgan fingerprint density at radius 3 is 2.52 bits per heavy atom. The van der Waals surface area contributed by atoms with Crippen molar-refractivity contribution in [3.8, 4) is 17.1 Å². The zero-order chi connectivity index (χ0) is 30.4. The molecule has 1 aliphatic heterocycles. The number of imidazole rings is 2. The monoisotopic (exact) mass is 595 g/mol. The maximum Gasteiger partial charge on any atom is 0.335 e. The number of aromatic carboxylic acids is 1. The smallest absolute Gasteiger partial charge is 0.335 e. The van der Waals surface area contributed by atoms with Gasteiger partial charge in [0.15, 0.2) is 0 Å². The molecule has 0 radical (unpaired) electrons. The predicted molar refractivity (Wildman–Crippen MR) is 158 cm³/mol. The van der Waals surface area contributed by atoms with Crippen LogP contribution in [0.25, 0.3) is 33.3 Å². The van der Waals surface area contributed by atoms with Crippen LogP contribution in [0.2, 0.25) is 0 Å². The van der Waals surface area contributed by atoms with Crippen molar-refractivity contribution in [1.29, 1.82) is 0 Å². The summed E-state index contributed by atoms with van der Waals surface area (Å²) in [4.78, 5) is 25.2. The van der Waals surface area contributed by atoms with Gasteiger partial charge in [-0.15, -0.1) is 0 Å². The molecule has 7 rings (SSSR count). The van der Waals surface area contributed by atoms with Gasteiger partial charge in [-0.25, -0.2) is 28.5 Å². The standard InChI is InChI=1S/C33H27F2N5O4/c1-39-28-7-3-2-5-26(28)37-31(39)18-44-32-8-4-6-25(38-32)22-16-23(34)20(13-24(22)35)15-30-36-27-10-9-19(33(41)42)14-29(27)40(30)17-21-11-12-43-21/h2-10,13-14,16,21H,11-12,15,17-18H2,1H3,(H,41,42). The third-order valence-electron chi connectivity index (χ3n) is 7.97. The van der Waals surface area contributed by atoms with Crippen molar-refractivity contribution in [2.75, 3.05) is 6.61 Å². The van der Waals surface area contributed by atoms with Crippen LogP contribution in [0.1, 0.15) is 34.0 Å². The van der Waals surface area contributed by atoms with E-state index in [1.54, 1.807) is 30.3 Å². The minimum atomic E-state index is -1.06. The number of halogens is 2. The lowest BCUT2D eigenvalue weighted by Gasteiger charge is -2.27. The molecule has 1 unspecified atom stereocenters. The number of hydrogen-bond acceptors (Lipinski definition) is 6. The van der Waals surface area contributed by atoms with Gasteiger partial charge in [-0.2, -0.15) is 0 Å². The summed E-state index contributed by atoms with van der Waals surface area (Å²) in [7, 11) is 1.90. The van der Waals surface area contributed by atoms with Gasteiger partial charge in [-0.05, 0) is 60.5 Å². The number of fused-ring (bicyclic) bond motifs is 2. The fourth-order valence-corrected chi connectivity index (χ4v) is 5.47. The number of hydrogen-bond donors (Lipinski definition) is 1. The fourth-order valence-electron chi connectivity index (χ4n) is 5.47. The van der Waals surface area contributed by atoms with E-state index in [0.717, 1.165) is 29.6 Å². The van der Waals surface area contributed by atoms with Crippen LogP contribution in [-0.2, 0) is 31.4 Å². The van der Waals surface area contributed by atoms with E-state index in [1.165, 1.54) is 6.07 Å². The average molecular weight is 596 g/mol. The highest BCUT2D eigenvalue weighted by molar-refractivity contribution is 5.92. The molecule has 1 aliphatic rings. The molecule has 1 fully saturated rings. The van der Waals surface area contributed by atoms with Crippen LogP contribution in [-0.4, -0.2) is 47.9 Å². The van der Waals surface area contributed by atoms with Gasteiger partial charge in [-0.1, -0.05) is 18.2 Å². The lowest BCUT2D eigenvalue weighted by molar-refractivity contribution is -0.0589. The number of carboxylic acid groups (broad SMARTS) is 1. The number of aryl methyl sites for hydroxylation is 1. The van der Waals surface area contributed by atoms with Crippen molar-refractivity contribution in [3.63, 3.8) is 0 Å². The highest BCUT2D eigenvalue weighted by Gasteiger charge is 2.24. The maximum atomic E-state index is 15.5. The van der Waals surface area contributed by atoms with Gasteiger partial charge in [0.25, 0.3) is 0 Å². The van der Waals surface area contributed by atoms with Crippen molar-refractivity contribution in [2.45, 2.75) is 32.1 Å². The van der Waals surface area contributed by atoms with Gasteiger partial charge >= 0.3 is 5.97 Å². The van der Waals surface area contributed by atoms with Gasteiger partial charge in [0.05, 0.1) is 46.0 Å². The number of para-hydroxylation sites is 2. The molecule has 4 heterocycles. The van der Waals surface area contributed by atoms with E-state index < -0.39 is 17.6 Å². The van der Waals surface area contributed by atoms with Gasteiger partial charge in [0, 0.05) is 31.7 Å². The molecule has 1 saturated heterocycles. The summed E-state index contributed by atoms with van der Waals surface area (Å²) in [6, 6.07) is 19.6. The molecule has 0 spiro atoms. The number of benzene rings is 3. The second-order valence-electron chi connectivity index (χ2n) is 10.8. The molecule has 44 heavy (non-hydrogen) atoms. The van der Waals surface area contributed by atoms with Crippen molar-refractivity contribution in [2.24, 2.45) is 7.05 Å². The van der Waals surface area contributed by atoms with Gasteiger partial charge in [-0.3, -0.25) is 0 Å². The van der Waals surface area contributed by atoms with Crippen molar-refractivity contribution < 1.29 is 28.2 Å². The molecule has 0 bridgehead atoms. The van der Waals surface area contributed by atoms with Crippen molar-refractivity contribution in [1.82, 2.24) is 24.1 Å². The summed E-state index contributed by atoms with van der Waals surface area (Å²) in [6.07, 6.45) is 0.797. The van der Waals surface area contributed by atoms with E-state index in [0.29, 0.717) is 35.8 Å². The molecule has 6 aromatic rings. The molecule has 0 saturated carbocycles. The molecule has 3 aromatic carbocycles. The molecular formula is C33H27F2N5O4. The summed E-state index contributed by atoms with van der Waals surface area (Å²) in [5.74, 6) is -0.865. The Bertz CT molecular complexity index is 2050. The highest BCUT2D eigenvalue weighted by atomic mass is 19.1. The zero-order valence-electron chi connectivity index (χ0n) is 23.7. The number of carboxylic acids is 1. The topological polar surface area (TPSA) is 104 Å². The van der Waals surface area contributed by atoms with Crippen LogP contribution >= 0.6 is 0 Å². The normalized spacial score (nSPS) is 14.7. The third-order valence-corrected chi connectivity index (χ3v) is 7.97. The van der Waals surface area contributed by atoms with E-state index in [4.69, 9.17) is 9.47 Å². The van der Waals surface area contributed by atoms with Crippen LogP contribution in [0, 0.1) is 11.6 Å². The summed E-state index contributed by atoms with van der Waals surface area (Å²) in [5.41, 5.74) is 3.47. The van der Waals surface area contributed by atoms with E-state index in [9.17, 15) is 9.90 Å². The van der Waals surface area contributed by atoms with Gasteiger partial charge in [0.1, 0.15) is 29.9 Å². The predicted octanol–water partition coefficient (Wildman–Crippen LogP) is 5.92. The summed E-state index contributed by atoms with van der Waals surface area (Å²) < 4.78 is 46.3. The molecule has 1 N–H and O–H groups in total. The van der Waals surface area contributed by atoms with E-state index in [-0.39, 0.29) is 47.4 Å². The third kappa shape index (κ3) is 5.15. The number of pyridine rings is 1. The first-order chi connectivity index (χ1) is 21.3. The molecule has 0 amide bonds. The number of aromatic nitrogens is 5. The minimum absolute atomic E-state index is 0.00142. The first-order valence-corrected chi connectivity index (χ1v) is 14.2. The molecule has 222 valence electrons. The van der Waals surface area contributed by atoms with Crippen LogP contribution in [0.4, 0.5) is 8.78 Å². The Morgan fingerprint density at radius 2 is 1.75 bits per heavy atom. The van der Waals surface area contributed by atoms with Crippen LogP contribution in [0.5, 0.6) is 5.88 Å². The lowest BCUT2D eigenvalue weighted by Crippen LogP contribution is -2.31. The summed E-state index contributed by atoms with van der Waals surface area (Å²) >= 11 is 0. The SMILES string of the molecule is Cn1c(COc2cccc(-c3cc(F)c(Cc4nc5ccc(C(=O)O)cc5n4CC4CCO4)cc3F)n2)nc2ccccc21. The summed E-state index contributed by atoms with van der Waals surface area (Å²) in [6.45, 7) is 1.23. The van der Waals surface area contributed by atoms with Crippen LogP contribution < -0.4 is 4.74 Å². The first kappa shape index (κ1) is 27.7.